The SMILES string of the molecule is Cc1cccc(C(C)Nc2c(F)cccc2F)c1. The van der Waals surface area contributed by atoms with Gasteiger partial charge in [-0.25, -0.2) is 8.78 Å². The first-order chi connectivity index (χ1) is 8.58. The molecule has 2 aromatic carbocycles. The van der Waals surface area contributed by atoms with Gasteiger partial charge in [0, 0.05) is 6.04 Å². The average Bonchev–Trinajstić information content (AvgIpc) is 2.34. The zero-order valence-corrected chi connectivity index (χ0v) is 10.4. The van der Waals surface area contributed by atoms with Gasteiger partial charge in [-0.3, -0.25) is 0 Å². The minimum absolute atomic E-state index is 0.0773. The van der Waals surface area contributed by atoms with E-state index in [0.717, 1.165) is 11.1 Å². The molecular weight excluding hydrogens is 232 g/mol. The van der Waals surface area contributed by atoms with Crippen molar-refractivity contribution in [3.63, 3.8) is 0 Å². The van der Waals surface area contributed by atoms with E-state index in [1.54, 1.807) is 0 Å². The molecule has 2 aromatic rings. The molecule has 0 aliphatic heterocycles. The predicted octanol–water partition coefficient (Wildman–Crippen LogP) is 4.45. The third kappa shape index (κ3) is 2.67. The molecule has 0 heterocycles. The summed E-state index contributed by atoms with van der Waals surface area (Å²) in [6.45, 7) is 3.86. The number of halogens is 2. The van der Waals surface area contributed by atoms with Crippen LogP contribution in [0.5, 0.6) is 0 Å². The van der Waals surface area contributed by atoms with E-state index >= 15 is 0 Å². The lowest BCUT2D eigenvalue weighted by Gasteiger charge is -2.17. The van der Waals surface area contributed by atoms with Crippen LogP contribution in [-0.2, 0) is 0 Å². The van der Waals surface area contributed by atoms with Gasteiger partial charge in [0.15, 0.2) is 0 Å². The highest BCUT2D eigenvalue weighted by Gasteiger charge is 2.12. The van der Waals surface area contributed by atoms with E-state index in [4.69, 9.17) is 0 Å². The maximum Gasteiger partial charge on any atom is 0.149 e. The van der Waals surface area contributed by atoms with Gasteiger partial charge in [-0.1, -0.05) is 35.9 Å². The first-order valence-corrected chi connectivity index (χ1v) is 5.85. The Morgan fingerprint density at radius 2 is 1.61 bits per heavy atom. The fraction of sp³-hybridized carbons (Fsp3) is 0.200. The van der Waals surface area contributed by atoms with Gasteiger partial charge in [-0.15, -0.1) is 0 Å². The Bertz CT molecular complexity index is 532. The molecule has 0 aromatic heterocycles. The Morgan fingerprint density at radius 1 is 1.00 bits per heavy atom. The van der Waals surface area contributed by atoms with Gasteiger partial charge in [0.25, 0.3) is 0 Å². The molecule has 0 saturated heterocycles. The molecule has 0 radical (unpaired) electrons. The van der Waals surface area contributed by atoms with Gasteiger partial charge in [-0.05, 0) is 31.5 Å². The van der Waals surface area contributed by atoms with Crippen molar-refractivity contribution in [1.82, 2.24) is 0 Å². The van der Waals surface area contributed by atoms with Crippen LogP contribution in [0.4, 0.5) is 14.5 Å². The second-order valence-electron chi connectivity index (χ2n) is 4.38. The van der Waals surface area contributed by atoms with Gasteiger partial charge >= 0.3 is 0 Å². The van der Waals surface area contributed by atoms with Crippen molar-refractivity contribution < 1.29 is 8.78 Å². The van der Waals surface area contributed by atoms with Crippen LogP contribution in [0.3, 0.4) is 0 Å². The monoisotopic (exact) mass is 247 g/mol. The van der Waals surface area contributed by atoms with Crippen LogP contribution in [-0.4, -0.2) is 0 Å². The van der Waals surface area contributed by atoms with Crippen molar-refractivity contribution in [1.29, 1.82) is 0 Å². The summed E-state index contributed by atoms with van der Waals surface area (Å²) in [5.41, 5.74) is 2.04. The van der Waals surface area contributed by atoms with Gasteiger partial charge in [0.2, 0.25) is 0 Å². The zero-order valence-electron chi connectivity index (χ0n) is 10.4. The second-order valence-corrected chi connectivity index (χ2v) is 4.38. The van der Waals surface area contributed by atoms with Crippen molar-refractivity contribution in [2.24, 2.45) is 0 Å². The third-order valence-electron chi connectivity index (χ3n) is 2.87. The van der Waals surface area contributed by atoms with E-state index in [1.807, 2.05) is 38.1 Å². The smallest absolute Gasteiger partial charge is 0.149 e. The molecule has 0 aliphatic rings. The molecule has 1 nitrogen and oxygen atoms in total. The summed E-state index contributed by atoms with van der Waals surface area (Å²) >= 11 is 0. The lowest BCUT2D eigenvalue weighted by molar-refractivity contribution is 0.584. The predicted molar refractivity (Wildman–Crippen MR) is 69.6 cm³/mol. The lowest BCUT2D eigenvalue weighted by atomic mass is 10.1. The normalized spacial score (nSPS) is 12.2. The van der Waals surface area contributed by atoms with Gasteiger partial charge in [0.05, 0.1) is 0 Å². The van der Waals surface area contributed by atoms with Crippen molar-refractivity contribution in [2.45, 2.75) is 19.9 Å². The first kappa shape index (κ1) is 12.6. The van der Waals surface area contributed by atoms with Crippen LogP contribution in [0.25, 0.3) is 0 Å². The van der Waals surface area contributed by atoms with E-state index in [0.29, 0.717) is 0 Å². The molecule has 0 aliphatic carbocycles. The average molecular weight is 247 g/mol. The van der Waals surface area contributed by atoms with E-state index in [9.17, 15) is 8.78 Å². The Kier molecular flexibility index (Phi) is 3.60. The van der Waals surface area contributed by atoms with Crippen molar-refractivity contribution in [2.75, 3.05) is 5.32 Å². The number of hydrogen-bond donors (Lipinski definition) is 1. The second kappa shape index (κ2) is 5.17. The summed E-state index contributed by atoms with van der Waals surface area (Å²) in [7, 11) is 0. The summed E-state index contributed by atoms with van der Waals surface area (Å²) in [5.74, 6) is -1.15. The zero-order chi connectivity index (χ0) is 13.1. The fourth-order valence-corrected chi connectivity index (χ4v) is 1.88. The Hall–Kier alpha value is -1.90. The maximum absolute atomic E-state index is 13.5. The fourth-order valence-electron chi connectivity index (χ4n) is 1.88. The molecule has 94 valence electrons. The number of rotatable bonds is 3. The highest BCUT2D eigenvalue weighted by atomic mass is 19.1. The molecular formula is C15H15F2N. The minimum Gasteiger partial charge on any atom is -0.374 e. The maximum atomic E-state index is 13.5. The summed E-state index contributed by atoms with van der Waals surface area (Å²) in [6, 6.07) is 11.5. The topological polar surface area (TPSA) is 12.0 Å². The first-order valence-electron chi connectivity index (χ1n) is 5.85. The molecule has 0 amide bonds. The standard InChI is InChI=1S/C15H15F2N/c1-10-5-3-6-12(9-10)11(2)18-15-13(16)7-4-8-14(15)17/h3-9,11,18H,1-2H3. The van der Waals surface area contributed by atoms with E-state index in [1.165, 1.54) is 18.2 Å². The third-order valence-corrected chi connectivity index (χ3v) is 2.87. The number of anilines is 1. The van der Waals surface area contributed by atoms with Crippen molar-refractivity contribution >= 4 is 5.69 Å². The highest BCUT2D eigenvalue weighted by Crippen LogP contribution is 2.24. The molecule has 1 unspecified atom stereocenters. The van der Waals surface area contributed by atoms with Gasteiger partial charge in [0.1, 0.15) is 17.3 Å². The van der Waals surface area contributed by atoms with Crippen LogP contribution >= 0.6 is 0 Å². The van der Waals surface area contributed by atoms with Gasteiger partial charge in [-0.2, -0.15) is 0 Å². The number of para-hydroxylation sites is 1. The lowest BCUT2D eigenvalue weighted by Crippen LogP contribution is -2.09. The molecule has 0 spiro atoms. The van der Waals surface area contributed by atoms with Crippen LogP contribution in [0, 0.1) is 18.6 Å². The Balaban J connectivity index is 2.24. The molecule has 18 heavy (non-hydrogen) atoms. The van der Waals surface area contributed by atoms with E-state index < -0.39 is 11.6 Å². The van der Waals surface area contributed by atoms with Crippen LogP contribution < -0.4 is 5.32 Å². The molecule has 0 bridgehead atoms. The number of hydrogen-bond acceptors (Lipinski definition) is 1. The van der Waals surface area contributed by atoms with Gasteiger partial charge < -0.3 is 5.32 Å². The number of nitrogens with one attached hydrogen (secondary N) is 1. The quantitative estimate of drug-likeness (QED) is 0.845. The summed E-state index contributed by atoms with van der Waals surface area (Å²) in [4.78, 5) is 0. The molecule has 2 rings (SSSR count). The number of benzene rings is 2. The van der Waals surface area contributed by atoms with Crippen molar-refractivity contribution in [3.05, 3.63) is 65.2 Å². The van der Waals surface area contributed by atoms with Crippen LogP contribution in [0.15, 0.2) is 42.5 Å². The Labute approximate surface area is 105 Å². The highest BCUT2D eigenvalue weighted by molar-refractivity contribution is 5.48. The summed E-state index contributed by atoms with van der Waals surface area (Å²) in [5, 5.41) is 2.87. The molecule has 0 fully saturated rings. The molecule has 0 saturated carbocycles. The summed E-state index contributed by atoms with van der Waals surface area (Å²) < 4.78 is 27.0. The molecule has 1 N–H and O–H groups in total. The van der Waals surface area contributed by atoms with E-state index in [-0.39, 0.29) is 11.7 Å². The summed E-state index contributed by atoms with van der Waals surface area (Å²) in [6.07, 6.45) is 0. The number of aryl methyl sites for hydroxylation is 1. The van der Waals surface area contributed by atoms with Crippen LogP contribution in [0.2, 0.25) is 0 Å². The van der Waals surface area contributed by atoms with Crippen molar-refractivity contribution in [3.8, 4) is 0 Å². The molecule has 1 atom stereocenters. The van der Waals surface area contributed by atoms with E-state index in [2.05, 4.69) is 5.32 Å². The van der Waals surface area contributed by atoms with Crippen LogP contribution in [0.1, 0.15) is 24.1 Å². The largest absolute Gasteiger partial charge is 0.374 e. The molecule has 3 heteroatoms. The Morgan fingerprint density at radius 3 is 2.22 bits per heavy atom. The minimum atomic E-state index is -0.575.